The van der Waals surface area contributed by atoms with Gasteiger partial charge in [-0.05, 0) is 118 Å². The number of rotatable bonds is 4. The van der Waals surface area contributed by atoms with E-state index in [9.17, 15) is 22.0 Å². The van der Waals surface area contributed by atoms with Crippen molar-refractivity contribution in [3.05, 3.63) is 34.9 Å². The van der Waals surface area contributed by atoms with Gasteiger partial charge in [0.1, 0.15) is 17.2 Å². The molecule has 0 aliphatic heterocycles. The lowest BCUT2D eigenvalue weighted by atomic mass is 9.60. The fraction of sp³-hybridized carbons (Fsp3) is 0.760. The van der Waals surface area contributed by atoms with Crippen molar-refractivity contribution in [1.82, 2.24) is 0 Å². The number of benzene rings is 1. The van der Waals surface area contributed by atoms with Crippen LogP contribution in [-0.4, -0.2) is 12.7 Å². The Bertz CT molecular complexity index is 730. The van der Waals surface area contributed by atoms with Gasteiger partial charge in [-0.1, -0.05) is 0 Å². The summed E-state index contributed by atoms with van der Waals surface area (Å²) in [6.07, 6.45) is 6.44. The molecule has 3 aliphatic carbocycles. The molecule has 1 nitrogen and oxygen atoms in total. The lowest BCUT2D eigenvalue weighted by Crippen LogP contribution is -2.35. The van der Waals surface area contributed by atoms with Crippen molar-refractivity contribution < 1.29 is 26.7 Å². The standard InChI is InChI=1S/C25H33F5O/c1-2-31-21-9-7-15(8-10-21)16-3-4-18-12-19(6-5-17(18)11-16)20-13-22(26)24(23(27)14-20)25(28,29)30/h13-19,21H,2-12H2,1H3. The Morgan fingerprint density at radius 1 is 0.774 bits per heavy atom. The normalized spacial score (nSPS) is 34.4. The number of hydrogen-bond donors (Lipinski definition) is 0. The Kier molecular flexibility index (Phi) is 6.95. The molecule has 31 heavy (non-hydrogen) atoms. The molecular formula is C25H33F5O. The monoisotopic (exact) mass is 444 g/mol. The van der Waals surface area contributed by atoms with Crippen LogP contribution in [0.15, 0.2) is 12.1 Å². The fourth-order valence-corrected chi connectivity index (χ4v) is 6.72. The van der Waals surface area contributed by atoms with Gasteiger partial charge in [0.2, 0.25) is 0 Å². The molecule has 174 valence electrons. The second-order valence-electron chi connectivity index (χ2n) is 9.95. The van der Waals surface area contributed by atoms with Gasteiger partial charge in [-0.25, -0.2) is 8.78 Å². The maximum absolute atomic E-state index is 14.1. The van der Waals surface area contributed by atoms with Crippen molar-refractivity contribution >= 4 is 0 Å². The Morgan fingerprint density at radius 3 is 1.87 bits per heavy atom. The first-order valence-corrected chi connectivity index (χ1v) is 11.9. The van der Waals surface area contributed by atoms with Crippen LogP contribution in [0.2, 0.25) is 0 Å². The number of halogens is 5. The van der Waals surface area contributed by atoms with E-state index in [-0.39, 0.29) is 5.92 Å². The number of fused-ring (bicyclic) bond motifs is 1. The zero-order valence-corrected chi connectivity index (χ0v) is 18.2. The third-order valence-electron chi connectivity index (χ3n) is 8.26. The average molecular weight is 445 g/mol. The summed E-state index contributed by atoms with van der Waals surface area (Å²) < 4.78 is 72.5. The SMILES string of the molecule is CCOC1CCC(C2CCC3CC(c4cc(F)c(C(F)(F)F)c(F)c4)CCC3C2)CC1. The minimum atomic E-state index is -5.01. The van der Waals surface area contributed by atoms with Crippen molar-refractivity contribution in [3.63, 3.8) is 0 Å². The highest BCUT2D eigenvalue weighted by molar-refractivity contribution is 5.31. The summed E-state index contributed by atoms with van der Waals surface area (Å²) in [4.78, 5) is 0. The minimum absolute atomic E-state index is 0.0503. The van der Waals surface area contributed by atoms with Crippen molar-refractivity contribution in [2.24, 2.45) is 23.7 Å². The summed E-state index contributed by atoms with van der Waals surface area (Å²) in [5.41, 5.74) is -1.39. The van der Waals surface area contributed by atoms with Crippen molar-refractivity contribution in [2.45, 2.75) is 89.3 Å². The molecule has 6 heteroatoms. The molecule has 4 atom stereocenters. The van der Waals surface area contributed by atoms with E-state index >= 15 is 0 Å². The molecule has 0 amide bonds. The highest BCUT2D eigenvalue weighted by Gasteiger charge is 2.41. The summed E-state index contributed by atoms with van der Waals surface area (Å²) in [5, 5.41) is 0. The van der Waals surface area contributed by atoms with E-state index in [4.69, 9.17) is 4.74 Å². The predicted octanol–water partition coefficient (Wildman–Crippen LogP) is 7.88. The van der Waals surface area contributed by atoms with Crippen molar-refractivity contribution in [3.8, 4) is 0 Å². The third-order valence-corrected chi connectivity index (χ3v) is 8.26. The number of hydrogen-bond acceptors (Lipinski definition) is 1. The molecular weight excluding hydrogens is 411 g/mol. The van der Waals surface area contributed by atoms with Gasteiger partial charge in [-0.2, -0.15) is 13.2 Å². The molecule has 0 aromatic heterocycles. The van der Waals surface area contributed by atoms with E-state index < -0.39 is 23.4 Å². The summed E-state index contributed by atoms with van der Waals surface area (Å²) in [6, 6.07) is 1.83. The van der Waals surface area contributed by atoms with Gasteiger partial charge in [0.05, 0.1) is 6.10 Å². The van der Waals surface area contributed by atoms with Crippen LogP contribution in [0.3, 0.4) is 0 Å². The maximum Gasteiger partial charge on any atom is 0.422 e. The molecule has 1 aromatic rings. The predicted molar refractivity (Wildman–Crippen MR) is 110 cm³/mol. The first-order chi connectivity index (χ1) is 14.8. The molecule has 4 rings (SSSR count). The molecule has 0 saturated heterocycles. The van der Waals surface area contributed by atoms with Gasteiger partial charge in [0, 0.05) is 6.61 Å². The molecule has 3 saturated carbocycles. The Labute approximate surface area is 181 Å². The molecule has 0 heterocycles. The van der Waals surface area contributed by atoms with E-state index in [1.54, 1.807) is 0 Å². The van der Waals surface area contributed by atoms with Crippen LogP contribution in [0.4, 0.5) is 22.0 Å². The van der Waals surface area contributed by atoms with E-state index in [1.807, 2.05) is 0 Å². The minimum Gasteiger partial charge on any atom is -0.379 e. The van der Waals surface area contributed by atoms with Crippen LogP contribution in [0.25, 0.3) is 0 Å². The van der Waals surface area contributed by atoms with E-state index in [1.165, 1.54) is 25.7 Å². The van der Waals surface area contributed by atoms with Crippen LogP contribution < -0.4 is 0 Å². The molecule has 1 aromatic carbocycles. The Morgan fingerprint density at radius 2 is 1.29 bits per heavy atom. The molecule has 0 bridgehead atoms. The number of alkyl halides is 3. The van der Waals surface area contributed by atoms with Gasteiger partial charge in [-0.15, -0.1) is 0 Å². The van der Waals surface area contributed by atoms with E-state index in [2.05, 4.69) is 6.92 Å². The zero-order chi connectivity index (χ0) is 22.2. The molecule has 4 unspecified atom stereocenters. The van der Waals surface area contributed by atoms with Crippen LogP contribution in [0.5, 0.6) is 0 Å². The van der Waals surface area contributed by atoms with Gasteiger partial charge >= 0.3 is 6.18 Å². The fourth-order valence-electron chi connectivity index (χ4n) is 6.72. The lowest BCUT2D eigenvalue weighted by molar-refractivity contribution is -0.142. The van der Waals surface area contributed by atoms with Gasteiger partial charge in [-0.3, -0.25) is 0 Å². The summed E-state index contributed by atoms with van der Waals surface area (Å²) in [7, 11) is 0. The maximum atomic E-state index is 14.1. The molecule has 3 aliphatic rings. The summed E-state index contributed by atoms with van der Waals surface area (Å²) >= 11 is 0. The van der Waals surface area contributed by atoms with Crippen molar-refractivity contribution in [2.75, 3.05) is 6.61 Å². The average Bonchev–Trinajstić information content (AvgIpc) is 2.72. The first kappa shape index (κ1) is 23.0. The highest BCUT2D eigenvalue weighted by atomic mass is 19.4. The molecule has 0 radical (unpaired) electrons. The second-order valence-corrected chi connectivity index (χ2v) is 9.95. The molecule has 0 spiro atoms. The molecule has 3 fully saturated rings. The largest absolute Gasteiger partial charge is 0.422 e. The Hall–Kier alpha value is -1.17. The van der Waals surface area contributed by atoms with Gasteiger partial charge in [0.25, 0.3) is 0 Å². The zero-order valence-electron chi connectivity index (χ0n) is 18.2. The van der Waals surface area contributed by atoms with Crippen LogP contribution in [0.1, 0.15) is 88.2 Å². The molecule has 0 N–H and O–H groups in total. The quantitative estimate of drug-likeness (QED) is 0.429. The second kappa shape index (κ2) is 9.36. The topological polar surface area (TPSA) is 9.23 Å². The first-order valence-electron chi connectivity index (χ1n) is 11.9. The van der Waals surface area contributed by atoms with Crippen LogP contribution in [-0.2, 0) is 10.9 Å². The van der Waals surface area contributed by atoms with Crippen molar-refractivity contribution in [1.29, 1.82) is 0 Å². The smallest absolute Gasteiger partial charge is 0.379 e. The third kappa shape index (κ3) is 5.09. The lowest BCUT2D eigenvalue weighted by Gasteiger charge is -2.45. The summed E-state index contributed by atoms with van der Waals surface area (Å²) in [5.74, 6) is -0.320. The summed E-state index contributed by atoms with van der Waals surface area (Å²) in [6.45, 7) is 2.84. The number of ether oxygens (including phenoxy) is 1. The van der Waals surface area contributed by atoms with E-state index in [0.717, 1.165) is 69.1 Å². The van der Waals surface area contributed by atoms with Gasteiger partial charge in [0.15, 0.2) is 0 Å². The van der Waals surface area contributed by atoms with E-state index in [0.29, 0.717) is 23.5 Å². The van der Waals surface area contributed by atoms with Crippen LogP contribution in [0, 0.1) is 35.3 Å². The highest BCUT2D eigenvalue weighted by Crippen LogP contribution is 2.51. The van der Waals surface area contributed by atoms with Gasteiger partial charge < -0.3 is 4.74 Å². The Balaban J connectivity index is 1.35. The van der Waals surface area contributed by atoms with Crippen LogP contribution >= 0.6 is 0 Å².